The van der Waals surface area contributed by atoms with Crippen molar-refractivity contribution < 1.29 is 19.4 Å². The van der Waals surface area contributed by atoms with E-state index in [-0.39, 0.29) is 23.7 Å². The first-order chi connectivity index (χ1) is 13.1. The molecule has 0 N–H and O–H groups in total. The van der Waals surface area contributed by atoms with Gasteiger partial charge in [0, 0.05) is 55.7 Å². The standard InChI is InChI=1S/C21H28N2O4/c1-27-17-4-2-3-16(13-17)22-9-11-23(12-10-22)20(24)18-14-5-7-15(8-6-14)19(18)21(25)26/h2-4,13-15,18-19H,5-12H2,1H3,(H,25,26)/p-1/t14?,15?,18-,19+/m1/s1. The van der Waals surface area contributed by atoms with Crippen molar-refractivity contribution in [1.82, 2.24) is 4.90 Å². The van der Waals surface area contributed by atoms with Gasteiger partial charge in [-0.1, -0.05) is 6.07 Å². The largest absolute Gasteiger partial charge is 0.550 e. The van der Waals surface area contributed by atoms with Crippen LogP contribution < -0.4 is 14.7 Å². The number of amides is 1. The second-order valence-electron chi connectivity index (χ2n) is 8.06. The molecule has 1 aromatic rings. The fourth-order valence-corrected chi connectivity index (χ4v) is 5.35. The first-order valence-corrected chi connectivity index (χ1v) is 9.97. The Morgan fingerprint density at radius 3 is 2.22 bits per heavy atom. The average molecular weight is 371 g/mol. The summed E-state index contributed by atoms with van der Waals surface area (Å²) in [5.74, 6) is -0.830. The number of methoxy groups -OCH3 is 1. The topological polar surface area (TPSA) is 72.9 Å². The number of carboxylic acid groups (broad SMARTS) is 1. The summed E-state index contributed by atoms with van der Waals surface area (Å²) in [5, 5.41) is 11.7. The maximum Gasteiger partial charge on any atom is 0.226 e. The van der Waals surface area contributed by atoms with E-state index in [1.165, 1.54) is 0 Å². The van der Waals surface area contributed by atoms with E-state index in [0.717, 1.165) is 50.2 Å². The highest BCUT2D eigenvalue weighted by atomic mass is 16.5. The number of carbonyl (C=O) groups excluding carboxylic acids is 2. The van der Waals surface area contributed by atoms with Crippen LogP contribution in [0.15, 0.2) is 24.3 Å². The Kier molecular flexibility index (Phi) is 4.98. The fourth-order valence-electron chi connectivity index (χ4n) is 5.35. The molecule has 0 radical (unpaired) electrons. The van der Waals surface area contributed by atoms with Gasteiger partial charge in [-0.25, -0.2) is 0 Å². The van der Waals surface area contributed by atoms with Crippen LogP contribution in [0.4, 0.5) is 5.69 Å². The van der Waals surface area contributed by atoms with Crippen molar-refractivity contribution >= 4 is 17.6 Å². The van der Waals surface area contributed by atoms with Crippen LogP contribution in [0, 0.1) is 23.7 Å². The molecule has 1 aromatic carbocycles. The zero-order valence-electron chi connectivity index (χ0n) is 15.8. The molecule has 3 aliphatic carbocycles. The molecule has 6 heteroatoms. The summed E-state index contributed by atoms with van der Waals surface area (Å²) >= 11 is 0. The highest BCUT2D eigenvalue weighted by Gasteiger charge is 2.48. The number of hydrogen-bond donors (Lipinski definition) is 0. The van der Waals surface area contributed by atoms with Gasteiger partial charge in [-0.15, -0.1) is 0 Å². The Labute approximate surface area is 160 Å². The first-order valence-electron chi connectivity index (χ1n) is 9.97. The molecule has 0 aromatic heterocycles. The molecule has 1 saturated heterocycles. The summed E-state index contributed by atoms with van der Waals surface area (Å²) in [6, 6.07) is 7.94. The number of fused-ring (bicyclic) bond motifs is 3. The maximum absolute atomic E-state index is 13.2. The smallest absolute Gasteiger partial charge is 0.226 e. The lowest BCUT2D eigenvalue weighted by Gasteiger charge is -2.50. The Balaban J connectivity index is 1.43. The minimum absolute atomic E-state index is 0.0314. The molecular weight excluding hydrogens is 344 g/mol. The third kappa shape index (κ3) is 3.37. The summed E-state index contributed by atoms with van der Waals surface area (Å²) in [6.07, 6.45) is 3.82. The molecule has 3 saturated carbocycles. The molecule has 5 rings (SSSR count). The lowest BCUT2D eigenvalue weighted by atomic mass is 9.58. The SMILES string of the molecule is COc1cccc(N2CCN(C(=O)[C@@H]3C4CCC(CC4)[C@@H]3C(=O)[O-])CC2)c1. The number of hydrogen-bond acceptors (Lipinski definition) is 5. The Morgan fingerprint density at radius 1 is 1.00 bits per heavy atom. The third-order valence-corrected chi connectivity index (χ3v) is 6.79. The van der Waals surface area contributed by atoms with Crippen molar-refractivity contribution in [2.45, 2.75) is 25.7 Å². The van der Waals surface area contributed by atoms with Gasteiger partial charge < -0.3 is 24.4 Å². The van der Waals surface area contributed by atoms with E-state index in [1.807, 2.05) is 29.2 Å². The molecular formula is C21H27N2O4-. The molecule has 2 atom stereocenters. The molecule has 0 unspecified atom stereocenters. The van der Waals surface area contributed by atoms with Crippen molar-refractivity contribution in [3.63, 3.8) is 0 Å². The Bertz CT molecular complexity index is 706. The summed E-state index contributed by atoms with van der Waals surface area (Å²) in [6.45, 7) is 2.75. The van der Waals surface area contributed by atoms with E-state index in [4.69, 9.17) is 4.74 Å². The number of benzene rings is 1. The number of carboxylic acids is 1. The molecule has 1 amide bonds. The summed E-state index contributed by atoms with van der Waals surface area (Å²) in [4.78, 5) is 29.1. The molecule has 4 aliphatic rings. The molecule has 2 bridgehead atoms. The number of aliphatic carboxylic acids is 1. The van der Waals surface area contributed by atoms with Crippen molar-refractivity contribution in [1.29, 1.82) is 0 Å². The molecule has 0 spiro atoms. The van der Waals surface area contributed by atoms with E-state index in [2.05, 4.69) is 4.90 Å². The van der Waals surface area contributed by atoms with Crippen molar-refractivity contribution in [2.24, 2.45) is 23.7 Å². The van der Waals surface area contributed by atoms with Crippen LogP contribution in [0.2, 0.25) is 0 Å². The van der Waals surface area contributed by atoms with Crippen molar-refractivity contribution in [3.8, 4) is 5.75 Å². The molecule has 1 aliphatic heterocycles. The number of nitrogens with zero attached hydrogens (tertiary/aromatic N) is 2. The van der Waals surface area contributed by atoms with Gasteiger partial charge in [-0.05, 0) is 49.7 Å². The molecule has 1 heterocycles. The molecule has 27 heavy (non-hydrogen) atoms. The van der Waals surface area contributed by atoms with Gasteiger partial charge in [0.25, 0.3) is 0 Å². The monoisotopic (exact) mass is 371 g/mol. The van der Waals surface area contributed by atoms with Gasteiger partial charge in [0.1, 0.15) is 5.75 Å². The zero-order valence-corrected chi connectivity index (χ0v) is 15.8. The highest BCUT2D eigenvalue weighted by Crippen LogP contribution is 2.49. The van der Waals surface area contributed by atoms with Gasteiger partial charge in [-0.2, -0.15) is 0 Å². The molecule has 146 valence electrons. The van der Waals surface area contributed by atoms with Crippen LogP contribution in [0.25, 0.3) is 0 Å². The number of anilines is 1. The first kappa shape index (κ1) is 18.1. The third-order valence-electron chi connectivity index (χ3n) is 6.79. The van der Waals surface area contributed by atoms with Crippen LogP contribution in [-0.2, 0) is 9.59 Å². The predicted molar refractivity (Wildman–Crippen MR) is 99.2 cm³/mol. The normalized spacial score (nSPS) is 30.3. The van der Waals surface area contributed by atoms with E-state index in [0.29, 0.717) is 13.1 Å². The average Bonchev–Trinajstić information content (AvgIpc) is 2.73. The second kappa shape index (κ2) is 7.41. The minimum Gasteiger partial charge on any atom is -0.550 e. The predicted octanol–water partition coefficient (Wildman–Crippen LogP) is 1.15. The van der Waals surface area contributed by atoms with E-state index in [1.54, 1.807) is 7.11 Å². The van der Waals surface area contributed by atoms with Crippen molar-refractivity contribution in [3.05, 3.63) is 24.3 Å². The Hall–Kier alpha value is -2.24. The van der Waals surface area contributed by atoms with Crippen LogP contribution in [-0.4, -0.2) is 50.1 Å². The Morgan fingerprint density at radius 2 is 1.63 bits per heavy atom. The number of rotatable bonds is 4. The van der Waals surface area contributed by atoms with Gasteiger partial charge >= 0.3 is 0 Å². The van der Waals surface area contributed by atoms with Crippen LogP contribution in [0.5, 0.6) is 5.75 Å². The van der Waals surface area contributed by atoms with E-state index in [9.17, 15) is 14.7 Å². The summed E-state index contributed by atoms with van der Waals surface area (Å²) < 4.78 is 5.29. The zero-order chi connectivity index (χ0) is 19.0. The minimum atomic E-state index is -1.03. The number of piperazine rings is 1. The van der Waals surface area contributed by atoms with Crippen LogP contribution >= 0.6 is 0 Å². The second-order valence-corrected chi connectivity index (χ2v) is 8.06. The van der Waals surface area contributed by atoms with E-state index >= 15 is 0 Å². The maximum atomic E-state index is 13.2. The number of carbonyl (C=O) groups is 2. The van der Waals surface area contributed by atoms with Crippen molar-refractivity contribution in [2.75, 3.05) is 38.2 Å². The van der Waals surface area contributed by atoms with Crippen LogP contribution in [0.1, 0.15) is 25.7 Å². The van der Waals surface area contributed by atoms with Gasteiger partial charge in [-0.3, -0.25) is 4.79 Å². The summed E-state index contributed by atoms with van der Waals surface area (Å²) in [5.41, 5.74) is 1.09. The fraction of sp³-hybridized carbons (Fsp3) is 0.619. The lowest BCUT2D eigenvalue weighted by molar-refractivity contribution is -0.318. The van der Waals surface area contributed by atoms with Crippen LogP contribution in [0.3, 0.4) is 0 Å². The van der Waals surface area contributed by atoms with E-state index < -0.39 is 11.9 Å². The quantitative estimate of drug-likeness (QED) is 0.794. The summed E-state index contributed by atoms with van der Waals surface area (Å²) in [7, 11) is 1.65. The van der Waals surface area contributed by atoms with Gasteiger partial charge in [0.05, 0.1) is 7.11 Å². The van der Waals surface area contributed by atoms with Gasteiger partial charge in [0.2, 0.25) is 5.91 Å². The molecule has 4 fully saturated rings. The van der Waals surface area contributed by atoms with Gasteiger partial charge in [0.15, 0.2) is 0 Å². The molecule has 6 nitrogen and oxygen atoms in total. The lowest BCUT2D eigenvalue weighted by Crippen LogP contribution is -2.57. The number of ether oxygens (including phenoxy) is 1. The highest BCUT2D eigenvalue weighted by molar-refractivity contribution is 5.85.